The molecule has 6 nitrogen and oxygen atoms in total. The monoisotopic (exact) mass is 321 g/mol. The van der Waals surface area contributed by atoms with E-state index in [1.165, 1.54) is 5.56 Å². The highest BCUT2D eigenvalue weighted by atomic mass is 16.2. The molecule has 0 radical (unpaired) electrons. The molecule has 2 aliphatic rings. The van der Waals surface area contributed by atoms with Gasteiger partial charge in [0.25, 0.3) is 0 Å². The van der Waals surface area contributed by atoms with Crippen molar-refractivity contribution in [2.75, 3.05) is 18.4 Å². The molecule has 6 heteroatoms. The van der Waals surface area contributed by atoms with Gasteiger partial charge in [-0.05, 0) is 43.5 Å². The van der Waals surface area contributed by atoms with Crippen LogP contribution in [-0.2, 0) is 5.41 Å². The maximum atomic E-state index is 12.4. The Morgan fingerprint density at radius 1 is 1.17 bits per heavy atom. The third-order valence-corrected chi connectivity index (χ3v) is 5.11. The normalized spacial score (nSPS) is 18.2. The van der Waals surface area contributed by atoms with Crippen LogP contribution >= 0.6 is 0 Å². The summed E-state index contributed by atoms with van der Waals surface area (Å²) < 4.78 is 0. The molecule has 2 aliphatic heterocycles. The number of para-hydroxylation sites is 1. The highest BCUT2D eigenvalue weighted by molar-refractivity contribution is 6.00. The van der Waals surface area contributed by atoms with Gasteiger partial charge in [-0.1, -0.05) is 18.2 Å². The standard InChI is InChI=1S/C18H19N5O/c1-13-18(14-5-2-3-6-15(14)20-13)8-11-23(12-9-18)17(24)21-16-7-4-10-19-22-16/h2-7,10H,8-9,11-12H2,1H3,(H,21,22,24). The summed E-state index contributed by atoms with van der Waals surface area (Å²) in [6.45, 7) is 3.51. The molecular formula is C18H19N5O. The molecule has 2 aromatic rings. The zero-order valence-electron chi connectivity index (χ0n) is 13.6. The van der Waals surface area contributed by atoms with Gasteiger partial charge in [-0.3, -0.25) is 10.3 Å². The quantitative estimate of drug-likeness (QED) is 0.877. The van der Waals surface area contributed by atoms with Crippen molar-refractivity contribution >= 4 is 23.2 Å². The van der Waals surface area contributed by atoms with Crippen LogP contribution in [0.3, 0.4) is 0 Å². The van der Waals surface area contributed by atoms with Crippen molar-refractivity contribution in [3.63, 3.8) is 0 Å². The number of fused-ring (bicyclic) bond motifs is 2. The van der Waals surface area contributed by atoms with Crippen molar-refractivity contribution in [1.82, 2.24) is 15.1 Å². The first-order chi connectivity index (χ1) is 11.7. The largest absolute Gasteiger partial charge is 0.324 e. The van der Waals surface area contributed by atoms with Crippen LogP contribution in [0.5, 0.6) is 0 Å². The number of aliphatic imine (C=N–C) groups is 1. The minimum absolute atomic E-state index is 0.0140. The Kier molecular flexibility index (Phi) is 3.52. The van der Waals surface area contributed by atoms with Crippen molar-refractivity contribution in [3.8, 4) is 0 Å². The van der Waals surface area contributed by atoms with Crippen LogP contribution in [-0.4, -0.2) is 39.9 Å². The Morgan fingerprint density at radius 3 is 2.71 bits per heavy atom. The SMILES string of the molecule is CC1=Nc2ccccc2C12CCN(C(=O)Nc1cccnn1)CC2. The maximum absolute atomic E-state index is 12.4. The molecule has 1 saturated heterocycles. The number of hydrogen-bond donors (Lipinski definition) is 1. The molecule has 4 rings (SSSR count). The van der Waals surface area contributed by atoms with Crippen LogP contribution in [0.2, 0.25) is 0 Å². The van der Waals surface area contributed by atoms with Crippen molar-refractivity contribution in [2.24, 2.45) is 4.99 Å². The van der Waals surface area contributed by atoms with Crippen molar-refractivity contribution in [1.29, 1.82) is 0 Å². The van der Waals surface area contributed by atoms with Crippen LogP contribution in [0.1, 0.15) is 25.3 Å². The first-order valence-electron chi connectivity index (χ1n) is 8.18. The van der Waals surface area contributed by atoms with E-state index >= 15 is 0 Å². The lowest BCUT2D eigenvalue weighted by Gasteiger charge is -2.40. The molecule has 2 amide bonds. The number of carbonyl (C=O) groups is 1. The summed E-state index contributed by atoms with van der Waals surface area (Å²) in [5.41, 5.74) is 3.53. The van der Waals surface area contributed by atoms with Crippen molar-refractivity contribution in [2.45, 2.75) is 25.2 Å². The van der Waals surface area contributed by atoms with Gasteiger partial charge in [-0.2, -0.15) is 5.10 Å². The first-order valence-corrected chi connectivity index (χ1v) is 8.18. The van der Waals surface area contributed by atoms with E-state index in [1.54, 1.807) is 18.3 Å². The summed E-state index contributed by atoms with van der Waals surface area (Å²) >= 11 is 0. The highest BCUT2D eigenvalue weighted by Crippen LogP contribution is 2.46. The molecule has 1 aromatic heterocycles. The van der Waals surface area contributed by atoms with Gasteiger partial charge in [0, 0.05) is 30.4 Å². The molecule has 0 aliphatic carbocycles. The van der Waals surface area contributed by atoms with E-state index in [1.807, 2.05) is 11.0 Å². The first kappa shape index (κ1) is 14.8. The predicted molar refractivity (Wildman–Crippen MR) is 92.7 cm³/mol. The van der Waals surface area contributed by atoms with Gasteiger partial charge in [0.05, 0.1) is 5.69 Å². The highest BCUT2D eigenvalue weighted by Gasteiger charge is 2.44. The van der Waals surface area contributed by atoms with E-state index < -0.39 is 0 Å². The number of hydrogen-bond acceptors (Lipinski definition) is 4. The zero-order valence-corrected chi connectivity index (χ0v) is 13.6. The van der Waals surface area contributed by atoms with Crippen LogP contribution in [0.4, 0.5) is 16.3 Å². The van der Waals surface area contributed by atoms with E-state index in [2.05, 4.69) is 40.6 Å². The van der Waals surface area contributed by atoms with Crippen LogP contribution in [0, 0.1) is 0 Å². The number of likely N-dealkylation sites (tertiary alicyclic amines) is 1. The summed E-state index contributed by atoms with van der Waals surface area (Å²) in [4.78, 5) is 19.0. The number of nitrogens with zero attached hydrogens (tertiary/aromatic N) is 4. The molecule has 1 fully saturated rings. The molecule has 122 valence electrons. The number of piperidine rings is 1. The second-order valence-corrected chi connectivity index (χ2v) is 6.32. The fourth-order valence-corrected chi connectivity index (χ4v) is 3.74. The van der Waals surface area contributed by atoms with Crippen molar-refractivity contribution in [3.05, 3.63) is 48.2 Å². The minimum atomic E-state index is -0.119. The molecule has 0 atom stereocenters. The van der Waals surface area contributed by atoms with Gasteiger partial charge in [0.15, 0.2) is 5.82 Å². The minimum Gasteiger partial charge on any atom is -0.324 e. The van der Waals surface area contributed by atoms with E-state index in [-0.39, 0.29) is 11.4 Å². The summed E-state index contributed by atoms with van der Waals surface area (Å²) in [6, 6.07) is 11.7. The van der Waals surface area contributed by atoms with Gasteiger partial charge >= 0.3 is 6.03 Å². The third kappa shape index (κ3) is 2.35. The molecule has 24 heavy (non-hydrogen) atoms. The summed E-state index contributed by atoms with van der Waals surface area (Å²) in [5, 5.41) is 10.5. The Hall–Kier alpha value is -2.76. The number of carbonyl (C=O) groups excluding carboxylic acids is 1. The topological polar surface area (TPSA) is 70.5 Å². The number of rotatable bonds is 1. The second kappa shape index (κ2) is 5.70. The van der Waals surface area contributed by atoms with Gasteiger partial charge in [-0.15, -0.1) is 5.10 Å². The van der Waals surface area contributed by atoms with Crippen LogP contribution < -0.4 is 5.32 Å². The molecular weight excluding hydrogens is 302 g/mol. The summed E-state index contributed by atoms with van der Waals surface area (Å²) in [5.74, 6) is 0.478. The lowest BCUT2D eigenvalue weighted by atomic mass is 9.71. The van der Waals surface area contributed by atoms with Gasteiger partial charge in [0.2, 0.25) is 0 Å². The zero-order chi connectivity index (χ0) is 16.6. The van der Waals surface area contributed by atoms with Crippen LogP contribution in [0.25, 0.3) is 0 Å². The van der Waals surface area contributed by atoms with E-state index in [4.69, 9.17) is 4.99 Å². The smallest absolute Gasteiger partial charge is 0.323 e. The Labute approximate surface area is 140 Å². The fourth-order valence-electron chi connectivity index (χ4n) is 3.74. The van der Waals surface area contributed by atoms with Gasteiger partial charge < -0.3 is 4.90 Å². The molecule has 0 saturated carbocycles. The summed E-state index contributed by atoms with van der Waals surface area (Å²) in [7, 11) is 0. The number of benzene rings is 1. The average Bonchev–Trinajstić information content (AvgIpc) is 2.88. The molecule has 1 spiro atoms. The Balaban J connectivity index is 1.48. The lowest BCUT2D eigenvalue weighted by molar-refractivity contribution is 0.186. The summed E-state index contributed by atoms with van der Waals surface area (Å²) in [6.07, 6.45) is 3.38. The molecule has 0 unspecified atom stereocenters. The number of amides is 2. The number of aromatic nitrogens is 2. The predicted octanol–water partition coefficient (Wildman–Crippen LogP) is 3.15. The molecule has 0 bridgehead atoms. The Bertz CT molecular complexity index is 794. The van der Waals surface area contributed by atoms with E-state index in [0.29, 0.717) is 18.9 Å². The Morgan fingerprint density at radius 2 is 1.96 bits per heavy atom. The van der Waals surface area contributed by atoms with Gasteiger partial charge in [0.1, 0.15) is 0 Å². The van der Waals surface area contributed by atoms with Gasteiger partial charge in [-0.25, -0.2) is 4.79 Å². The van der Waals surface area contributed by atoms with E-state index in [9.17, 15) is 4.79 Å². The van der Waals surface area contributed by atoms with E-state index in [0.717, 1.165) is 24.2 Å². The molecule has 1 N–H and O–H groups in total. The lowest BCUT2D eigenvalue weighted by Crippen LogP contribution is -2.48. The van der Waals surface area contributed by atoms with Crippen LogP contribution in [0.15, 0.2) is 47.6 Å². The molecule has 3 heterocycles. The third-order valence-electron chi connectivity index (χ3n) is 5.11. The number of anilines is 1. The average molecular weight is 321 g/mol. The molecule has 1 aromatic carbocycles. The van der Waals surface area contributed by atoms with Crippen molar-refractivity contribution < 1.29 is 4.79 Å². The maximum Gasteiger partial charge on any atom is 0.323 e. The fraction of sp³-hybridized carbons (Fsp3) is 0.333. The number of urea groups is 1. The number of nitrogens with one attached hydrogen (secondary N) is 1. The second-order valence-electron chi connectivity index (χ2n) is 6.32.